The number of aryl methyl sites for hydroxylation is 2. The monoisotopic (exact) mass is 500 g/mol. The van der Waals surface area contributed by atoms with E-state index in [-0.39, 0.29) is 40.9 Å². The maximum Gasteiger partial charge on any atom is 0.270 e. The summed E-state index contributed by atoms with van der Waals surface area (Å²) in [4.78, 5) is 30.3. The van der Waals surface area contributed by atoms with Gasteiger partial charge in [-0.05, 0) is 87.0 Å². The fourth-order valence-electron chi connectivity index (χ4n) is 6.03. The van der Waals surface area contributed by atoms with Crippen LogP contribution in [0, 0.1) is 11.2 Å². The average Bonchev–Trinajstić information content (AvgIpc) is 2.85. The quantitative estimate of drug-likeness (QED) is 0.580. The Morgan fingerprint density at radius 2 is 1.91 bits per heavy atom. The highest BCUT2D eigenvalue weighted by Gasteiger charge is 2.55. The van der Waals surface area contributed by atoms with Crippen molar-refractivity contribution >= 4 is 23.3 Å². The molecule has 1 heterocycles. The highest BCUT2D eigenvalue weighted by atomic mass is 35.5. The van der Waals surface area contributed by atoms with Crippen LogP contribution in [0.25, 0.3) is 0 Å². The van der Waals surface area contributed by atoms with Crippen LogP contribution in [0.3, 0.4) is 0 Å². The summed E-state index contributed by atoms with van der Waals surface area (Å²) in [6, 6.07) is 7.86. The third kappa shape index (κ3) is 4.94. The molecule has 3 fully saturated rings. The summed E-state index contributed by atoms with van der Waals surface area (Å²) in [5, 5.41) is 14.2. The number of nitrogens with zero attached hydrogens (tertiary/aromatic N) is 1. The Bertz CT molecular complexity index is 1150. The predicted molar refractivity (Wildman–Crippen MR) is 129 cm³/mol. The number of hydrogen-bond acceptors (Lipinski definition) is 5. The number of aliphatic hydroxyl groups excluding tert-OH is 1. The molecular formula is C27H30ClFN2O4. The van der Waals surface area contributed by atoms with Crippen molar-refractivity contribution in [3.8, 4) is 5.75 Å². The maximum absolute atomic E-state index is 13.6. The fourth-order valence-corrected chi connectivity index (χ4v) is 6.14. The van der Waals surface area contributed by atoms with Gasteiger partial charge in [0.05, 0.1) is 16.7 Å². The van der Waals surface area contributed by atoms with Gasteiger partial charge in [0, 0.05) is 18.2 Å². The molecule has 4 aliphatic rings. The Balaban J connectivity index is 1.18. The lowest BCUT2D eigenvalue weighted by molar-refractivity contribution is -0.130. The van der Waals surface area contributed by atoms with Crippen LogP contribution in [0.2, 0.25) is 5.02 Å². The summed E-state index contributed by atoms with van der Waals surface area (Å²) in [5.41, 5.74) is 1.65. The minimum Gasteiger partial charge on any atom is -0.486 e. The minimum atomic E-state index is -0.731. The second kappa shape index (κ2) is 9.51. The maximum atomic E-state index is 13.6. The molecule has 1 amide bonds. The van der Waals surface area contributed by atoms with Gasteiger partial charge in [0.25, 0.3) is 5.91 Å². The number of benzene rings is 1. The number of ether oxygens (including phenoxy) is 1. The van der Waals surface area contributed by atoms with Crippen LogP contribution in [0.5, 0.6) is 5.75 Å². The van der Waals surface area contributed by atoms with Crippen LogP contribution in [0.4, 0.5) is 4.39 Å². The summed E-state index contributed by atoms with van der Waals surface area (Å²) >= 11 is 5.68. The first-order valence-electron chi connectivity index (χ1n) is 12.4. The second-order valence-corrected chi connectivity index (χ2v) is 10.8. The van der Waals surface area contributed by atoms with Gasteiger partial charge in [-0.15, -0.1) is 0 Å². The first kappa shape index (κ1) is 24.2. The Morgan fingerprint density at radius 3 is 2.66 bits per heavy atom. The van der Waals surface area contributed by atoms with Gasteiger partial charge in [-0.1, -0.05) is 17.7 Å². The van der Waals surface area contributed by atoms with Crippen molar-refractivity contribution in [1.29, 1.82) is 0 Å². The Hall–Kier alpha value is -2.51. The van der Waals surface area contributed by atoms with Gasteiger partial charge in [0.15, 0.2) is 5.78 Å². The van der Waals surface area contributed by atoms with Gasteiger partial charge in [-0.25, -0.2) is 9.37 Å². The summed E-state index contributed by atoms with van der Waals surface area (Å²) in [6.07, 6.45) is 6.87. The van der Waals surface area contributed by atoms with Gasteiger partial charge >= 0.3 is 0 Å². The van der Waals surface area contributed by atoms with Crippen LogP contribution in [-0.2, 0) is 17.6 Å². The molecule has 2 aromatic rings. The zero-order valence-corrected chi connectivity index (χ0v) is 20.4. The minimum absolute atomic E-state index is 0.000978. The van der Waals surface area contributed by atoms with Crippen molar-refractivity contribution in [3.63, 3.8) is 0 Å². The molecule has 2 bridgehead atoms. The largest absolute Gasteiger partial charge is 0.486 e. The van der Waals surface area contributed by atoms with Crippen molar-refractivity contribution in [1.82, 2.24) is 10.3 Å². The summed E-state index contributed by atoms with van der Waals surface area (Å²) in [6.45, 7) is -0.162. The van der Waals surface area contributed by atoms with E-state index in [1.807, 2.05) is 6.07 Å². The zero-order valence-electron chi connectivity index (χ0n) is 19.6. The molecule has 0 aliphatic heterocycles. The zero-order chi connectivity index (χ0) is 24.6. The average molecular weight is 501 g/mol. The highest BCUT2D eigenvalue weighted by Crippen LogP contribution is 2.54. The molecule has 1 atom stereocenters. The SMILES string of the molecule is O=C(COc1ccc(Cl)c(F)c1)CC12CCC(NC(=O)c3ccc4c(n3)CCCC4)(CC1)[C@@H](O)C2. The van der Waals surface area contributed by atoms with E-state index in [0.29, 0.717) is 25.0 Å². The van der Waals surface area contributed by atoms with Crippen molar-refractivity contribution in [3.05, 3.63) is 58.1 Å². The van der Waals surface area contributed by atoms with Crippen molar-refractivity contribution in [2.75, 3.05) is 6.61 Å². The lowest BCUT2D eigenvalue weighted by Gasteiger charge is -2.56. The Morgan fingerprint density at radius 1 is 1.14 bits per heavy atom. The standard InChI is InChI=1S/C27H30ClFN2O4/c28-20-7-6-19(13-21(20)29)35-16-18(32)14-26-9-11-27(12-10-26,24(33)15-26)31-25(34)23-8-5-17-3-1-2-4-22(17)30-23/h5-8,13,24,33H,1-4,9-12,14-16H2,(H,31,34)/t24-,26?,27?/m0/s1. The van der Waals surface area contributed by atoms with Crippen molar-refractivity contribution in [2.24, 2.45) is 5.41 Å². The molecule has 0 radical (unpaired) electrons. The number of hydrogen-bond donors (Lipinski definition) is 2. The number of amides is 1. The first-order valence-corrected chi connectivity index (χ1v) is 12.7. The smallest absolute Gasteiger partial charge is 0.270 e. The van der Waals surface area contributed by atoms with E-state index in [0.717, 1.165) is 50.3 Å². The normalized spacial score (nSPS) is 27.2. The number of halogens is 2. The number of Topliss-reactive ketones (excluding diaryl/α,β-unsaturated/α-hetero) is 1. The Kier molecular flexibility index (Phi) is 6.57. The lowest BCUT2D eigenvalue weighted by Crippen LogP contribution is -2.65. The summed E-state index contributed by atoms with van der Waals surface area (Å²) in [7, 11) is 0. The fraction of sp³-hybridized carbons (Fsp3) is 0.519. The van der Waals surface area contributed by atoms with Crippen LogP contribution in [-0.4, -0.2) is 40.0 Å². The van der Waals surface area contributed by atoms with Crippen LogP contribution in [0.1, 0.15) is 73.1 Å². The molecule has 4 aliphatic carbocycles. The molecule has 1 aromatic heterocycles. The van der Waals surface area contributed by atoms with Gasteiger partial charge in [-0.2, -0.15) is 0 Å². The van der Waals surface area contributed by atoms with Crippen LogP contribution >= 0.6 is 11.6 Å². The number of ketones is 1. The second-order valence-electron chi connectivity index (χ2n) is 10.4. The predicted octanol–water partition coefficient (Wildman–Crippen LogP) is 4.58. The van der Waals surface area contributed by atoms with Crippen molar-refractivity contribution in [2.45, 2.75) is 75.9 Å². The van der Waals surface area contributed by atoms with E-state index in [1.54, 1.807) is 6.07 Å². The molecule has 6 rings (SSSR count). The summed E-state index contributed by atoms with van der Waals surface area (Å²) in [5.74, 6) is -0.680. The molecule has 3 saturated carbocycles. The van der Waals surface area contributed by atoms with E-state index in [2.05, 4.69) is 10.3 Å². The lowest BCUT2D eigenvalue weighted by atomic mass is 9.54. The number of carbonyl (C=O) groups is 2. The molecule has 6 nitrogen and oxygen atoms in total. The topological polar surface area (TPSA) is 88.5 Å². The Labute approximate surface area is 209 Å². The van der Waals surface area contributed by atoms with Gasteiger partial charge in [-0.3, -0.25) is 9.59 Å². The van der Waals surface area contributed by atoms with E-state index < -0.39 is 17.5 Å². The highest BCUT2D eigenvalue weighted by molar-refractivity contribution is 6.30. The number of aliphatic hydroxyl groups is 1. The molecule has 2 N–H and O–H groups in total. The third-order valence-corrected chi connectivity index (χ3v) is 8.41. The summed E-state index contributed by atoms with van der Waals surface area (Å²) < 4.78 is 19.1. The number of pyridine rings is 1. The van der Waals surface area contributed by atoms with Crippen molar-refractivity contribution < 1.29 is 23.8 Å². The molecular weight excluding hydrogens is 471 g/mol. The van der Waals surface area contributed by atoms with E-state index in [1.165, 1.54) is 17.7 Å². The molecule has 8 heteroatoms. The first-order chi connectivity index (χ1) is 16.8. The molecule has 1 aromatic carbocycles. The number of nitrogens with one attached hydrogen (secondary N) is 1. The van der Waals surface area contributed by atoms with E-state index in [9.17, 15) is 19.1 Å². The number of carbonyl (C=O) groups excluding carboxylic acids is 2. The van der Waals surface area contributed by atoms with Crippen LogP contribution in [0.15, 0.2) is 30.3 Å². The van der Waals surface area contributed by atoms with Gasteiger partial charge < -0.3 is 15.2 Å². The molecule has 35 heavy (non-hydrogen) atoms. The van der Waals surface area contributed by atoms with E-state index >= 15 is 0 Å². The van der Waals surface area contributed by atoms with Gasteiger partial charge in [0.2, 0.25) is 0 Å². The molecule has 0 unspecified atom stereocenters. The van der Waals surface area contributed by atoms with E-state index in [4.69, 9.17) is 16.3 Å². The number of aromatic nitrogens is 1. The molecule has 0 saturated heterocycles. The number of fused-ring (bicyclic) bond motifs is 4. The van der Waals surface area contributed by atoms with Crippen LogP contribution < -0.4 is 10.1 Å². The molecule has 186 valence electrons. The third-order valence-electron chi connectivity index (χ3n) is 8.10. The number of rotatable bonds is 7. The molecule has 0 spiro atoms. The van der Waals surface area contributed by atoms with Gasteiger partial charge in [0.1, 0.15) is 23.9 Å².